The Bertz CT molecular complexity index is 558. The maximum Gasteiger partial charge on any atom is 0.124 e. The largest absolute Gasteiger partial charge is 0.496 e. The van der Waals surface area contributed by atoms with Crippen molar-refractivity contribution < 1.29 is 4.74 Å². The maximum atomic E-state index is 6.03. The number of pyridine rings is 1. The van der Waals surface area contributed by atoms with Crippen LogP contribution in [-0.2, 0) is 0 Å². The van der Waals surface area contributed by atoms with Gasteiger partial charge in [-0.05, 0) is 31.2 Å². The molecule has 1 heterocycles. The van der Waals surface area contributed by atoms with E-state index in [-0.39, 0.29) is 6.04 Å². The van der Waals surface area contributed by atoms with E-state index in [1.807, 2.05) is 37.3 Å². The van der Waals surface area contributed by atoms with Gasteiger partial charge >= 0.3 is 0 Å². The van der Waals surface area contributed by atoms with E-state index in [0.717, 1.165) is 21.2 Å². The lowest BCUT2D eigenvalue weighted by molar-refractivity contribution is 0.405. The molecular formula is C14H15ClN2OS. The van der Waals surface area contributed by atoms with E-state index >= 15 is 0 Å². The van der Waals surface area contributed by atoms with Crippen molar-refractivity contribution in [2.45, 2.75) is 22.9 Å². The number of nitrogens with zero attached hydrogens (tertiary/aromatic N) is 1. The van der Waals surface area contributed by atoms with Gasteiger partial charge in [-0.2, -0.15) is 0 Å². The molecule has 3 nitrogen and oxygen atoms in total. The summed E-state index contributed by atoms with van der Waals surface area (Å²) in [6.45, 7) is 1.94. The fourth-order valence-corrected chi connectivity index (χ4v) is 2.90. The van der Waals surface area contributed by atoms with E-state index in [9.17, 15) is 0 Å². The smallest absolute Gasteiger partial charge is 0.124 e. The standard InChI is InChI=1S/C14H15ClN2OS/c1-9(16)14-11(18-2)4-3-5-12(14)19-13-7-6-10(15)8-17-13/h3-9H,16H2,1-2H3/t9-/m0/s1. The number of hydrogen-bond donors (Lipinski definition) is 1. The molecular weight excluding hydrogens is 280 g/mol. The molecule has 0 bridgehead atoms. The molecule has 0 saturated heterocycles. The number of aromatic nitrogens is 1. The topological polar surface area (TPSA) is 48.1 Å². The summed E-state index contributed by atoms with van der Waals surface area (Å²) in [7, 11) is 1.65. The molecule has 1 aromatic carbocycles. The zero-order valence-electron chi connectivity index (χ0n) is 10.8. The highest BCUT2D eigenvalue weighted by Crippen LogP contribution is 2.37. The first-order valence-electron chi connectivity index (χ1n) is 5.83. The molecule has 0 fully saturated rings. The fourth-order valence-electron chi connectivity index (χ4n) is 1.77. The average molecular weight is 295 g/mol. The zero-order chi connectivity index (χ0) is 13.8. The second kappa shape index (κ2) is 6.28. The highest BCUT2D eigenvalue weighted by atomic mass is 35.5. The summed E-state index contributed by atoms with van der Waals surface area (Å²) < 4.78 is 5.37. The molecule has 2 N–H and O–H groups in total. The van der Waals surface area contributed by atoms with E-state index < -0.39 is 0 Å². The van der Waals surface area contributed by atoms with Gasteiger partial charge in [-0.3, -0.25) is 0 Å². The van der Waals surface area contributed by atoms with Gasteiger partial charge < -0.3 is 10.5 Å². The molecule has 5 heteroatoms. The van der Waals surface area contributed by atoms with Gasteiger partial charge in [-0.15, -0.1) is 0 Å². The van der Waals surface area contributed by atoms with E-state index in [1.165, 1.54) is 0 Å². The first kappa shape index (κ1) is 14.2. The predicted molar refractivity (Wildman–Crippen MR) is 79.0 cm³/mol. The van der Waals surface area contributed by atoms with Crippen molar-refractivity contribution in [2.75, 3.05) is 7.11 Å². The van der Waals surface area contributed by atoms with Gasteiger partial charge in [0.25, 0.3) is 0 Å². The second-order valence-electron chi connectivity index (χ2n) is 4.08. The monoisotopic (exact) mass is 294 g/mol. The summed E-state index contributed by atoms with van der Waals surface area (Å²) in [6.07, 6.45) is 1.63. The number of hydrogen-bond acceptors (Lipinski definition) is 4. The Kier molecular flexibility index (Phi) is 4.69. The van der Waals surface area contributed by atoms with Crippen LogP contribution in [0.15, 0.2) is 46.5 Å². The molecule has 0 unspecified atom stereocenters. The van der Waals surface area contributed by atoms with Gasteiger partial charge in [0.05, 0.1) is 12.1 Å². The Morgan fingerprint density at radius 2 is 2.11 bits per heavy atom. The molecule has 0 saturated carbocycles. The van der Waals surface area contributed by atoms with Crippen molar-refractivity contribution in [3.63, 3.8) is 0 Å². The van der Waals surface area contributed by atoms with Crippen molar-refractivity contribution in [1.29, 1.82) is 0 Å². The van der Waals surface area contributed by atoms with Gasteiger partial charge in [-0.1, -0.05) is 29.4 Å². The van der Waals surface area contributed by atoms with Crippen LogP contribution in [0.5, 0.6) is 5.75 Å². The summed E-state index contributed by atoms with van der Waals surface area (Å²) in [6, 6.07) is 9.48. The Morgan fingerprint density at radius 1 is 1.32 bits per heavy atom. The van der Waals surface area contributed by atoms with Crippen molar-refractivity contribution in [2.24, 2.45) is 5.73 Å². The Hall–Kier alpha value is -1.23. The summed E-state index contributed by atoms with van der Waals surface area (Å²) in [4.78, 5) is 5.32. The highest BCUT2D eigenvalue weighted by Gasteiger charge is 2.14. The molecule has 1 atom stereocenters. The number of methoxy groups -OCH3 is 1. The quantitative estimate of drug-likeness (QED) is 0.928. The van der Waals surface area contributed by atoms with E-state index in [2.05, 4.69) is 4.98 Å². The lowest BCUT2D eigenvalue weighted by Gasteiger charge is -2.16. The van der Waals surface area contributed by atoms with Crippen LogP contribution in [0, 0.1) is 0 Å². The van der Waals surface area contributed by atoms with E-state index in [0.29, 0.717) is 5.02 Å². The van der Waals surface area contributed by atoms with Gasteiger partial charge in [0.1, 0.15) is 10.8 Å². The van der Waals surface area contributed by atoms with Crippen LogP contribution in [0.3, 0.4) is 0 Å². The minimum atomic E-state index is -0.106. The van der Waals surface area contributed by atoms with Crippen molar-refractivity contribution >= 4 is 23.4 Å². The molecule has 2 aromatic rings. The minimum Gasteiger partial charge on any atom is -0.496 e. The predicted octanol–water partition coefficient (Wildman–Crippen LogP) is 3.91. The van der Waals surface area contributed by atoms with Crippen LogP contribution in [0.4, 0.5) is 0 Å². The summed E-state index contributed by atoms with van der Waals surface area (Å²) in [5.74, 6) is 0.800. The molecule has 0 amide bonds. The molecule has 0 aliphatic carbocycles. The number of rotatable bonds is 4. The number of ether oxygens (including phenoxy) is 1. The molecule has 0 aliphatic rings. The first-order valence-corrected chi connectivity index (χ1v) is 7.03. The van der Waals surface area contributed by atoms with Crippen LogP contribution in [0.2, 0.25) is 5.02 Å². The molecule has 0 aliphatic heterocycles. The van der Waals surface area contributed by atoms with Gasteiger partial charge in [0, 0.05) is 22.7 Å². The third-order valence-electron chi connectivity index (χ3n) is 2.62. The fraction of sp³-hybridized carbons (Fsp3) is 0.214. The summed E-state index contributed by atoms with van der Waals surface area (Å²) >= 11 is 7.38. The number of benzene rings is 1. The van der Waals surface area contributed by atoms with Gasteiger partial charge in [0.2, 0.25) is 0 Å². The number of nitrogens with two attached hydrogens (primary N) is 1. The lowest BCUT2D eigenvalue weighted by atomic mass is 10.1. The molecule has 2 rings (SSSR count). The normalized spacial score (nSPS) is 12.2. The van der Waals surface area contributed by atoms with Crippen LogP contribution >= 0.6 is 23.4 Å². The average Bonchev–Trinajstić information content (AvgIpc) is 2.40. The van der Waals surface area contributed by atoms with E-state index in [1.54, 1.807) is 25.1 Å². The third-order valence-corrected chi connectivity index (χ3v) is 3.87. The van der Waals surface area contributed by atoms with Crippen molar-refractivity contribution in [3.8, 4) is 5.75 Å². The van der Waals surface area contributed by atoms with E-state index in [4.69, 9.17) is 22.1 Å². The maximum absolute atomic E-state index is 6.03. The minimum absolute atomic E-state index is 0.106. The molecule has 0 radical (unpaired) electrons. The van der Waals surface area contributed by atoms with Gasteiger partial charge in [-0.25, -0.2) is 4.98 Å². The SMILES string of the molecule is COc1cccc(Sc2ccc(Cl)cn2)c1[C@H](C)N. The molecule has 1 aromatic heterocycles. The van der Waals surface area contributed by atoms with Crippen molar-refractivity contribution in [1.82, 2.24) is 4.98 Å². The zero-order valence-corrected chi connectivity index (χ0v) is 12.3. The number of halogens is 1. The van der Waals surface area contributed by atoms with Crippen LogP contribution in [0.1, 0.15) is 18.5 Å². The molecule has 19 heavy (non-hydrogen) atoms. The molecule has 0 spiro atoms. The Labute approximate surface area is 122 Å². The second-order valence-corrected chi connectivity index (χ2v) is 5.58. The Balaban J connectivity index is 2.36. The van der Waals surface area contributed by atoms with Crippen LogP contribution in [0.25, 0.3) is 0 Å². The third kappa shape index (κ3) is 3.41. The van der Waals surface area contributed by atoms with Crippen LogP contribution < -0.4 is 10.5 Å². The first-order chi connectivity index (χ1) is 9.11. The lowest BCUT2D eigenvalue weighted by Crippen LogP contribution is -2.08. The summed E-state index contributed by atoms with van der Waals surface area (Å²) in [5, 5.41) is 1.50. The van der Waals surface area contributed by atoms with Gasteiger partial charge in [0.15, 0.2) is 0 Å². The Morgan fingerprint density at radius 3 is 2.68 bits per heavy atom. The summed E-state index contributed by atoms with van der Waals surface area (Å²) in [5.41, 5.74) is 7.03. The van der Waals surface area contributed by atoms with Crippen LogP contribution in [-0.4, -0.2) is 12.1 Å². The van der Waals surface area contributed by atoms with Crippen molar-refractivity contribution in [3.05, 3.63) is 47.1 Å². The highest BCUT2D eigenvalue weighted by molar-refractivity contribution is 7.99. The molecule has 100 valence electrons.